The van der Waals surface area contributed by atoms with Crippen molar-refractivity contribution >= 4 is 11.6 Å². The minimum absolute atomic E-state index is 0.285. The van der Waals surface area contributed by atoms with E-state index in [1.165, 1.54) is 11.3 Å². The van der Waals surface area contributed by atoms with E-state index in [4.69, 9.17) is 11.6 Å². The normalized spacial score (nSPS) is 12.9. The molecule has 4 heteroatoms. The standard InChI is InChI=1S/C15H20ClN3/c1-11(2)19-10-17-8-15(19)9-18-12(3)13-4-6-14(16)7-5-13/h4-8,10-12,18H,9H2,1-3H3. The van der Waals surface area contributed by atoms with E-state index in [9.17, 15) is 0 Å². The molecule has 0 amide bonds. The fourth-order valence-electron chi connectivity index (χ4n) is 2.06. The van der Waals surface area contributed by atoms with Gasteiger partial charge in [0, 0.05) is 29.8 Å². The van der Waals surface area contributed by atoms with Gasteiger partial charge in [-0.05, 0) is 38.5 Å². The van der Waals surface area contributed by atoms with Gasteiger partial charge >= 0.3 is 0 Å². The summed E-state index contributed by atoms with van der Waals surface area (Å²) in [4.78, 5) is 4.21. The van der Waals surface area contributed by atoms with Gasteiger partial charge in [0.15, 0.2) is 0 Å². The molecule has 19 heavy (non-hydrogen) atoms. The molecular weight excluding hydrogens is 258 g/mol. The van der Waals surface area contributed by atoms with Gasteiger partial charge in [-0.25, -0.2) is 4.98 Å². The van der Waals surface area contributed by atoms with Gasteiger partial charge in [-0.3, -0.25) is 0 Å². The summed E-state index contributed by atoms with van der Waals surface area (Å²) in [6, 6.07) is 8.68. The molecular formula is C15H20ClN3. The average Bonchev–Trinajstić information content (AvgIpc) is 2.85. The van der Waals surface area contributed by atoms with E-state index in [-0.39, 0.29) is 6.04 Å². The molecule has 0 aliphatic rings. The fraction of sp³-hybridized carbons (Fsp3) is 0.400. The predicted molar refractivity (Wildman–Crippen MR) is 79.3 cm³/mol. The average molecular weight is 278 g/mol. The summed E-state index contributed by atoms with van der Waals surface area (Å²) in [7, 11) is 0. The maximum absolute atomic E-state index is 5.90. The number of nitrogens with one attached hydrogen (secondary N) is 1. The molecule has 1 heterocycles. The third-order valence-electron chi connectivity index (χ3n) is 3.26. The van der Waals surface area contributed by atoms with Crippen LogP contribution in [0.15, 0.2) is 36.8 Å². The highest BCUT2D eigenvalue weighted by Crippen LogP contribution is 2.17. The molecule has 2 rings (SSSR count). The Bertz CT molecular complexity index is 516. The molecule has 0 aliphatic heterocycles. The fourth-order valence-corrected chi connectivity index (χ4v) is 2.19. The van der Waals surface area contributed by atoms with Gasteiger partial charge in [-0.1, -0.05) is 23.7 Å². The zero-order chi connectivity index (χ0) is 13.8. The predicted octanol–water partition coefficient (Wildman–Crippen LogP) is 3.97. The van der Waals surface area contributed by atoms with Crippen LogP contribution < -0.4 is 5.32 Å². The van der Waals surface area contributed by atoms with Crippen LogP contribution in [0, 0.1) is 0 Å². The second-order valence-corrected chi connectivity index (χ2v) is 5.48. The summed E-state index contributed by atoms with van der Waals surface area (Å²) in [5.74, 6) is 0. The first-order valence-electron chi connectivity index (χ1n) is 6.57. The number of nitrogens with zero attached hydrogens (tertiary/aromatic N) is 2. The van der Waals surface area contributed by atoms with Crippen LogP contribution >= 0.6 is 11.6 Å². The summed E-state index contributed by atoms with van der Waals surface area (Å²) in [5.41, 5.74) is 2.44. The van der Waals surface area contributed by atoms with Crippen LogP contribution in [0.5, 0.6) is 0 Å². The molecule has 0 aliphatic carbocycles. The molecule has 1 aromatic heterocycles. The number of halogens is 1. The maximum atomic E-state index is 5.90. The van der Waals surface area contributed by atoms with Crippen molar-refractivity contribution in [1.29, 1.82) is 0 Å². The van der Waals surface area contributed by atoms with Gasteiger partial charge in [0.25, 0.3) is 0 Å². The van der Waals surface area contributed by atoms with Crippen molar-refractivity contribution in [3.05, 3.63) is 53.1 Å². The lowest BCUT2D eigenvalue weighted by atomic mass is 10.1. The Balaban J connectivity index is 1.98. The van der Waals surface area contributed by atoms with Crippen LogP contribution in [-0.2, 0) is 6.54 Å². The monoisotopic (exact) mass is 277 g/mol. The lowest BCUT2D eigenvalue weighted by Gasteiger charge is -2.16. The Labute approximate surface area is 119 Å². The van der Waals surface area contributed by atoms with Crippen molar-refractivity contribution in [3.63, 3.8) is 0 Å². The SMILES string of the molecule is CC(NCc1cncn1C(C)C)c1ccc(Cl)cc1. The lowest BCUT2D eigenvalue weighted by Crippen LogP contribution is -2.20. The van der Waals surface area contributed by atoms with E-state index in [0.29, 0.717) is 6.04 Å². The second-order valence-electron chi connectivity index (χ2n) is 5.04. The summed E-state index contributed by atoms with van der Waals surface area (Å²) >= 11 is 5.90. The van der Waals surface area contributed by atoms with Crippen molar-refractivity contribution < 1.29 is 0 Å². The van der Waals surface area contributed by atoms with Crippen LogP contribution in [0.25, 0.3) is 0 Å². The van der Waals surface area contributed by atoms with Gasteiger partial charge in [0.2, 0.25) is 0 Å². The number of hydrogen-bond acceptors (Lipinski definition) is 2. The quantitative estimate of drug-likeness (QED) is 0.896. The molecule has 2 aromatic rings. The summed E-state index contributed by atoms with van der Waals surface area (Å²) in [6.07, 6.45) is 3.80. The molecule has 1 N–H and O–H groups in total. The Morgan fingerprint density at radius 1 is 1.21 bits per heavy atom. The topological polar surface area (TPSA) is 29.9 Å². The zero-order valence-electron chi connectivity index (χ0n) is 11.6. The van der Waals surface area contributed by atoms with E-state index in [1.54, 1.807) is 0 Å². The van der Waals surface area contributed by atoms with Gasteiger partial charge in [-0.15, -0.1) is 0 Å². The first kappa shape index (κ1) is 14.1. The minimum Gasteiger partial charge on any atom is -0.331 e. The van der Waals surface area contributed by atoms with Gasteiger partial charge in [0.1, 0.15) is 0 Å². The molecule has 0 fully saturated rings. The number of aromatic nitrogens is 2. The minimum atomic E-state index is 0.285. The van der Waals surface area contributed by atoms with E-state index in [0.717, 1.165) is 11.6 Å². The Morgan fingerprint density at radius 3 is 2.53 bits per heavy atom. The van der Waals surface area contributed by atoms with Crippen LogP contribution in [0.4, 0.5) is 0 Å². The first-order valence-corrected chi connectivity index (χ1v) is 6.95. The molecule has 0 saturated heterocycles. The van der Waals surface area contributed by atoms with Crippen molar-refractivity contribution in [2.75, 3.05) is 0 Å². The lowest BCUT2D eigenvalue weighted by molar-refractivity contribution is 0.518. The number of hydrogen-bond donors (Lipinski definition) is 1. The molecule has 0 radical (unpaired) electrons. The summed E-state index contributed by atoms with van der Waals surface area (Å²) in [5, 5.41) is 4.28. The largest absolute Gasteiger partial charge is 0.331 e. The third-order valence-corrected chi connectivity index (χ3v) is 3.51. The molecule has 0 bridgehead atoms. The Morgan fingerprint density at radius 2 is 1.89 bits per heavy atom. The number of imidazole rings is 1. The van der Waals surface area contributed by atoms with Crippen molar-refractivity contribution in [3.8, 4) is 0 Å². The molecule has 102 valence electrons. The van der Waals surface area contributed by atoms with Gasteiger partial charge in [-0.2, -0.15) is 0 Å². The summed E-state index contributed by atoms with van der Waals surface area (Å²) < 4.78 is 2.18. The molecule has 3 nitrogen and oxygen atoms in total. The molecule has 1 unspecified atom stereocenters. The Kier molecular flexibility index (Phi) is 4.61. The third kappa shape index (κ3) is 3.58. The molecule has 1 atom stereocenters. The highest BCUT2D eigenvalue weighted by atomic mass is 35.5. The van der Waals surface area contributed by atoms with Crippen molar-refractivity contribution in [2.24, 2.45) is 0 Å². The van der Waals surface area contributed by atoms with Crippen molar-refractivity contribution in [1.82, 2.24) is 14.9 Å². The first-order chi connectivity index (χ1) is 9.08. The Hall–Kier alpha value is -1.32. The maximum Gasteiger partial charge on any atom is 0.0951 e. The van der Waals surface area contributed by atoms with Crippen LogP contribution in [-0.4, -0.2) is 9.55 Å². The summed E-state index contributed by atoms with van der Waals surface area (Å²) in [6.45, 7) is 7.28. The van der Waals surface area contributed by atoms with Crippen LogP contribution in [0.2, 0.25) is 5.02 Å². The molecule has 1 aromatic carbocycles. The van der Waals surface area contributed by atoms with E-state index < -0.39 is 0 Å². The highest BCUT2D eigenvalue weighted by Gasteiger charge is 2.08. The highest BCUT2D eigenvalue weighted by molar-refractivity contribution is 6.30. The molecule has 0 spiro atoms. The second kappa shape index (κ2) is 6.22. The van der Waals surface area contributed by atoms with Crippen LogP contribution in [0.3, 0.4) is 0 Å². The van der Waals surface area contributed by atoms with Gasteiger partial charge < -0.3 is 9.88 Å². The zero-order valence-corrected chi connectivity index (χ0v) is 12.4. The number of benzene rings is 1. The van der Waals surface area contributed by atoms with Crippen LogP contribution in [0.1, 0.15) is 44.1 Å². The van der Waals surface area contributed by atoms with E-state index in [2.05, 4.69) is 47.8 Å². The molecule has 0 saturated carbocycles. The number of rotatable bonds is 5. The van der Waals surface area contributed by atoms with E-state index >= 15 is 0 Å². The van der Waals surface area contributed by atoms with E-state index in [1.807, 2.05) is 24.7 Å². The van der Waals surface area contributed by atoms with Crippen molar-refractivity contribution in [2.45, 2.75) is 39.4 Å². The van der Waals surface area contributed by atoms with Gasteiger partial charge in [0.05, 0.1) is 12.0 Å². The smallest absolute Gasteiger partial charge is 0.0951 e.